The zero-order valence-electron chi connectivity index (χ0n) is 11.7. The average Bonchev–Trinajstić information content (AvgIpc) is 2.48. The van der Waals surface area contributed by atoms with Gasteiger partial charge in [-0.3, -0.25) is 4.79 Å². The summed E-state index contributed by atoms with van der Waals surface area (Å²) < 4.78 is 13.5. The Morgan fingerprint density at radius 2 is 2.19 bits per heavy atom. The van der Waals surface area contributed by atoms with E-state index in [1.54, 1.807) is 0 Å². The van der Waals surface area contributed by atoms with Crippen LogP contribution in [0.5, 0.6) is 0 Å². The van der Waals surface area contributed by atoms with E-state index in [1.807, 2.05) is 6.92 Å². The molecule has 0 radical (unpaired) electrons. The van der Waals surface area contributed by atoms with Gasteiger partial charge in [0.15, 0.2) is 0 Å². The predicted octanol–water partition coefficient (Wildman–Crippen LogP) is 3.19. The van der Waals surface area contributed by atoms with Crippen LogP contribution in [0.3, 0.4) is 0 Å². The second kappa shape index (κ2) is 6.43. The number of piperidine rings is 1. The molecule has 1 fully saturated rings. The molecule has 0 aliphatic carbocycles. The van der Waals surface area contributed by atoms with E-state index >= 15 is 0 Å². The number of aliphatic carboxylic acids is 1. The van der Waals surface area contributed by atoms with Crippen LogP contribution in [0.4, 0.5) is 4.39 Å². The van der Waals surface area contributed by atoms with Gasteiger partial charge in [0.1, 0.15) is 11.9 Å². The highest BCUT2D eigenvalue weighted by molar-refractivity contribution is 6.34. The third kappa shape index (κ3) is 3.18. The monoisotopic (exact) mass is 313 g/mol. The number of carboxylic acid groups (broad SMARTS) is 1. The molecule has 2 rings (SSSR count). The fraction of sp³-hybridized carbons (Fsp3) is 0.467. The maximum absolute atomic E-state index is 13.5. The van der Waals surface area contributed by atoms with Crippen LogP contribution in [-0.4, -0.2) is 34.5 Å². The molecule has 1 aliphatic heterocycles. The summed E-state index contributed by atoms with van der Waals surface area (Å²) in [5, 5.41) is 9.08. The van der Waals surface area contributed by atoms with E-state index in [0.717, 1.165) is 18.9 Å². The smallest absolute Gasteiger partial charge is 0.326 e. The SMILES string of the molecule is CCC1CCN(C(=O)c2cccc(F)c2Cl)C(C(=O)O)C1. The van der Waals surface area contributed by atoms with Crippen LogP contribution in [0, 0.1) is 11.7 Å². The lowest BCUT2D eigenvalue weighted by atomic mass is 9.88. The largest absolute Gasteiger partial charge is 0.480 e. The van der Waals surface area contributed by atoms with Gasteiger partial charge in [-0.1, -0.05) is 31.0 Å². The molecule has 4 nitrogen and oxygen atoms in total. The number of rotatable bonds is 3. The predicted molar refractivity (Wildman–Crippen MR) is 76.9 cm³/mol. The van der Waals surface area contributed by atoms with E-state index in [0.29, 0.717) is 13.0 Å². The molecule has 1 aromatic rings. The van der Waals surface area contributed by atoms with Crippen molar-refractivity contribution >= 4 is 23.5 Å². The minimum absolute atomic E-state index is 0.0119. The van der Waals surface area contributed by atoms with Crippen LogP contribution in [0.2, 0.25) is 5.02 Å². The quantitative estimate of drug-likeness (QED) is 0.932. The van der Waals surface area contributed by atoms with Gasteiger partial charge in [-0.05, 0) is 30.9 Å². The molecule has 1 amide bonds. The van der Waals surface area contributed by atoms with Gasteiger partial charge in [-0.25, -0.2) is 9.18 Å². The summed E-state index contributed by atoms with van der Waals surface area (Å²) in [4.78, 5) is 25.2. The summed E-state index contributed by atoms with van der Waals surface area (Å²) in [5.74, 6) is -1.95. The van der Waals surface area contributed by atoms with Crippen LogP contribution in [-0.2, 0) is 4.79 Å². The maximum Gasteiger partial charge on any atom is 0.326 e. The van der Waals surface area contributed by atoms with Gasteiger partial charge in [0.25, 0.3) is 5.91 Å². The van der Waals surface area contributed by atoms with Gasteiger partial charge in [0, 0.05) is 6.54 Å². The molecule has 1 heterocycles. The number of hydrogen-bond acceptors (Lipinski definition) is 2. The highest BCUT2D eigenvalue weighted by Gasteiger charge is 2.36. The van der Waals surface area contributed by atoms with Crippen molar-refractivity contribution in [3.05, 3.63) is 34.6 Å². The highest BCUT2D eigenvalue weighted by atomic mass is 35.5. The lowest BCUT2D eigenvalue weighted by Crippen LogP contribution is -2.50. The highest BCUT2D eigenvalue weighted by Crippen LogP contribution is 2.29. The fourth-order valence-electron chi connectivity index (χ4n) is 2.71. The Labute approximate surface area is 127 Å². The molecule has 21 heavy (non-hydrogen) atoms. The minimum Gasteiger partial charge on any atom is -0.480 e. The summed E-state index contributed by atoms with van der Waals surface area (Å²) in [6.45, 7) is 2.35. The van der Waals surface area contributed by atoms with Crippen LogP contribution >= 0.6 is 11.6 Å². The Kier molecular flexibility index (Phi) is 4.83. The van der Waals surface area contributed by atoms with Gasteiger partial charge in [-0.2, -0.15) is 0 Å². The van der Waals surface area contributed by atoms with Crippen LogP contribution < -0.4 is 0 Å². The summed E-state index contributed by atoms with van der Waals surface area (Å²) in [7, 11) is 0. The van der Waals surface area contributed by atoms with Crippen LogP contribution in [0.1, 0.15) is 36.5 Å². The number of likely N-dealkylation sites (tertiary alicyclic amines) is 1. The van der Waals surface area contributed by atoms with Crippen molar-refractivity contribution in [3.8, 4) is 0 Å². The molecular weight excluding hydrogens is 297 g/mol. The zero-order chi connectivity index (χ0) is 15.6. The van der Waals surface area contributed by atoms with E-state index < -0.39 is 23.7 Å². The minimum atomic E-state index is -1.03. The molecular formula is C15H17ClFNO3. The van der Waals surface area contributed by atoms with Gasteiger partial charge in [0.2, 0.25) is 0 Å². The Hall–Kier alpha value is -1.62. The second-order valence-corrected chi connectivity index (χ2v) is 5.63. The third-order valence-electron chi connectivity index (χ3n) is 4.02. The molecule has 1 N–H and O–H groups in total. The van der Waals surface area contributed by atoms with E-state index in [2.05, 4.69) is 0 Å². The van der Waals surface area contributed by atoms with Crippen molar-refractivity contribution in [2.24, 2.45) is 5.92 Å². The molecule has 2 atom stereocenters. The molecule has 0 bridgehead atoms. The molecule has 6 heteroatoms. The first kappa shape index (κ1) is 15.8. The lowest BCUT2D eigenvalue weighted by molar-refractivity contribution is -0.144. The fourth-order valence-corrected chi connectivity index (χ4v) is 2.92. The van der Waals surface area contributed by atoms with E-state index in [1.165, 1.54) is 17.0 Å². The molecule has 1 aliphatic rings. The van der Waals surface area contributed by atoms with Crippen LogP contribution in [0.15, 0.2) is 18.2 Å². The summed E-state index contributed by atoms with van der Waals surface area (Å²) in [6.07, 6.45) is 2.05. The average molecular weight is 314 g/mol. The lowest BCUT2D eigenvalue weighted by Gasteiger charge is -2.37. The Morgan fingerprint density at radius 3 is 2.81 bits per heavy atom. The molecule has 1 aromatic carbocycles. The number of carboxylic acids is 1. The molecule has 0 aromatic heterocycles. The number of halogens is 2. The number of benzene rings is 1. The van der Waals surface area contributed by atoms with E-state index in [4.69, 9.17) is 11.6 Å². The number of hydrogen-bond donors (Lipinski definition) is 1. The molecule has 0 saturated carbocycles. The zero-order valence-corrected chi connectivity index (χ0v) is 12.4. The first-order valence-electron chi connectivity index (χ1n) is 6.93. The van der Waals surface area contributed by atoms with Crippen molar-refractivity contribution in [1.82, 2.24) is 4.90 Å². The molecule has 0 spiro atoms. The summed E-state index contributed by atoms with van der Waals surface area (Å²) in [5.41, 5.74) is 0.0119. The Bertz CT molecular complexity index is 564. The summed E-state index contributed by atoms with van der Waals surface area (Å²) in [6, 6.07) is 3.09. The first-order chi connectivity index (χ1) is 9.95. The standard InChI is InChI=1S/C15H17ClFNO3/c1-2-9-6-7-18(12(8-9)15(20)21)14(19)10-4-3-5-11(17)13(10)16/h3-5,9,12H,2,6-8H2,1H3,(H,20,21). The van der Waals surface area contributed by atoms with Crippen molar-refractivity contribution < 1.29 is 19.1 Å². The number of nitrogens with zero attached hydrogens (tertiary/aromatic N) is 1. The topological polar surface area (TPSA) is 57.6 Å². The Morgan fingerprint density at radius 1 is 1.48 bits per heavy atom. The second-order valence-electron chi connectivity index (χ2n) is 5.25. The van der Waals surface area contributed by atoms with Gasteiger partial charge in [-0.15, -0.1) is 0 Å². The van der Waals surface area contributed by atoms with E-state index in [9.17, 15) is 19.1 Å². The van der Waals surface area contributed by atoms with Gasteiger partial charge >= 0.3 is 5.97 Å². The van der Waals surface area contributed by atoms with Gasteiger partial charge < -0.3 is 10.0 Å². The van der Waals surface area contributed by atoms with Crippen molar-refractivity contribution in [1.29, 1.82) is 0 Å². The number of carbonyl (C=O) groups excluding carboxylic acids is 1. The van der Waals surface area contributed by atoms with Crippen molar-refractivity contribution in [3.63, 3.8) is 0 Å². The number of amides is 1. The summed E-state index contributed by atoms with van der Waals surface area (Å²) >= 11 is 5.82. The first-order valence-corrected chi connectivity index (χ1v) is 7.31. The van der Waals surface area contributed by atoms with Gasteiger partial charge in [0.05, 0.1) is 10.6 Å². The van der Waals surface area contributed by atoms with Crippen molar-refractivity contribution in [2.75, 3.05) is 6.54 Å². The third-order valence-corrected chi connectivity index (χ3v) is 4.40. The van der Waals surface area contributed by atoms with Crippen LogP contribution in [0.25, 0.3) is 0 Å². The van der Waals surface area contributed by atoms with E-state index in [-0.39, 0.29) is 16.5 Å². The molecule has 114 valence electrons. The van der Waals surface area contributed by atoms with Crippen molar-refractivity contribution in [2.45, 2.75) is 32.2 Å². The molecule has 2 unspecified atom stereocenters. The normalized spacial score (nSPS) is 22.1. The molecule has 1 saturated heterocycles. The Balaban J connectivity index is 2.28. The number of carbonyl (C=O) groups is 2. The maximum atomic E-state index is 13.5.